The fourth-order valence-electron chi connectivity index (χ4n) is 1.96. The van der Waals surface area contributed by atoms with Crippen molar-refractivity contribution in [2.24, 2.45) is 0 Å². The van der Waals surface area contributed by atoms with Crippen molar-refractivity contribution in [2.75, 3.05) is 6.61 Å². The maximum absolute atomic E-state index is 13.3. The summed E-state index contributed by atoms with van der Waals surface area (Å²) in [5, 5.41) is 9.06. The fraction of sp³-hybridized carbons (Fsp3) is 0.308. The highest BCUT2D eigenvalue weighted by Crippen LogP contribution is 2.46. The summed E-state index contributed by atoms with van der Waals surface area (Å²) in [6, 6.07) is 5.85. The maximum Gasteiger partial charge on any atom is 0.460 e. The smallest absolute Gasteiger partial charge is 0.460 e. The number of rotatable bonds is 3. The van der Waals surface area contributed by atoms with Crippen molar-refractivity contribution in [3.63, 3.8) is 0 Å². The minimum Gasteiger partial charge on any atom is -0.478 e. The molecular formula is C13H11F3O4. The van der Waals surface area contributed by atoms with Gasteiger partial charge < -0.3 is 14.6 Å². The van der Waals surface area contributed by atoms with Crippen molar-refractivity contribution in [2.45, 2.75) is 18.9 Å². The van der Waals surface area contributed by atoms with Gasteiger partial charge in [-0.3, -0.25) is 0 Å². The first-order valence-electron chi connectivity index (χ1n) is 5.76. The Balaban J connectivity index is 2.66. The van der Waals surface area contributed by atoms with Crippen LogP contribution in [0.4, 0.5) is 13.2 Å². The normalized spacial score (nSPS) is 21.7. The quantitative estimate of drug-likeness (QED) is 0.929. The average Bonchev–Trinajstić information content (AvgIpc) is 2.36. The predicted octanol–water partition coefficient (Wildman–Crippen LogP) is 2.84. The molecular weight excluding hydrogens is 277 g/mol. The lowest BCUT2D eigenvalue weighted by atomic mass is 9.98. The van der Waals surface area contributed by atoms with Crippen LogP contribution >= 0.6 is 0 Å². The summed E-state index contributed by atoms with van der Waals surface area (Å²) in [4.78, 5) is 11.2. The van der Waals surface area contributed by atoms with Gasteiger partial charge in [0, 0.05) is 12.2 Å². The Morgan fingerprint density at radius 2 is 2.05 bits per heavy atom. The zero-order valence-electron chi connectivity index (χ0n) is 10.4. The number of ether oxygens (including phenoxy) is 2. The molecule has 1 N–H and O–H groups in total. The second kappa shape index (κ2) is 4.82. The van der Waals surface area contributed by atoms with Crippen molar-refractivity contribution in [3.05, 3.63) is 35.4 Å². The van der Waals surface area contributed by atoms with E-state index in [1.165, 1.54) is 25.1 Å². The molecule has 0 saturated carbocycles. The molecule has 20 heavy (non-hydrogen) atoms. The lowest BCUT2D eigenvalue weighted by molar-refractivity contribution is -0.332. The van der Waals surface area contributed by atoms with E-state index >= 15 is 0 Å². The first-order chi connectivity index (χ1) is 9.32. The number of aliphatic carboxylic acids is 1. The van der Waals surface area contributed by atoms with E-state index in [-0.39, 0.29) is 17.9 Å². The van der Waals surface area contributed by atoms with Crippen molar-refractivity contribution in [1.82, 2.24) is 0 Å². The van der Waals surface area contributed by atoms with Crippen molar-refractivity contribution in [1.29, 1.82) is 0 Å². The monoisotopic (exact) mass is 288 g/mol. The third-order valence-electron chi connectivity index (χ3n) is 2.78. The van der Waals surface area contributed by atoms with Crippen LogP contribution in [0.15, 0.2) is 29.8 Å². The SMILES string of the molecule is CCO[C@]1(C(F)(F)F)Oc2ccccc2C=C1C(=O)O. The molecule has 108 valence electrons. The van der Waals surface area contributed by atoms with Gasteiger partial charge in [-0.15, -0.1) is 0 Å². The summed E-state index contributed by atoms with van der Waals surface area (Å²) in [6.07, 6.45) is -4.11. The number of hydrogen-bond acceptors (Lipinski definition) is 3. The van der Waals surface area contributed by atoms with Crippen molar-refractivity contribution >= 4 is 12.0 Å². The summed E-state index contributed by atoms with van der Waals surface area (Å²) in [6.45, 7) is 0.975. The van der Waals surface area contributed by atoms with Crippen LogP contribution in [-0.4, -0.2) is 29.6 Å². The first-order valence-corrected chi connectivity index (χ1v) is 5.76. The van der Waals surface area contributed by atoms with Gasteiger partial charge in [0.15, 0.2) is 0 Å². The van der Waals surface area contributed by atoms with Crippen LogP contribution in [-0.2, 0) is 9.53 Å². The molecule has 1 atom stereocenters. The number of para-hydroxylation sites is 1. The van der Waals surface area contributed by atoms with Gasteiger partial charge in [-0.2, -0.15) is 13.2 Å². The number of benzene rings is 1. The minimum atomic E-state index is -5.03. The molecule has 1 aromatic rings. The fourth-order valence-corrected chi connectivity index (χ4v) is 1.96. The van der Waals surface area contributed by atoms with Crippen LogP contribution in [0.3, 0.4) is 0 Å². The van der Waals surface area contributed by atoms with Crippen LogP contribution in [0.1, 0.15) is 12.5 Å². The molecule has 0 fully saturated rings. The molecule has 7 heteroatoms. The Kier molecular flexibility index (Phi) is 3.47. The molecule has 0 saturated heterocycles. The van der Waals surface area contributed by atoms with E-state index in [1.807, 2.05) is 0 Å². The van der Waals surface area contributed by atoms with E-state index in [0.717, 1.165) is 6.08 Å². The van der Waals surface area contributed by atoms with Gasteiger partial charge in [0.25, 0.3) is 0 Å². The first kappa shape index (κ1) is 14.4. The second-order valence-electron chi connectivity index (χ2n) is 4.05. The zero-order valence-corrected chi connectivity index (χ0v) is 10.4. The van der Waals surface area contributed by atoms with E-state index in [1.54, 1.807) is 6.07 Å². The van der Waals surface area contributed by atoms with Crippen LogP contribution in [0.2, 0.25) is 0 Å². The number of alkyl halides is 3. The van der Waals surface area contributed by atoms with Gasteiger partial charge in [-0.1, -0.05) is 18.2 Å². The molecule has 0 aromatic heterocycles. The Labute approximate surface area is 112 Å². The second-order valence-corrected chi connectivity index (χ2v) is 4.05. The molecule has 0 radical (unpaired) electrons. The topological polar surface area (TPSA) is 55.8 Å². The Morgan fingerprint density at radius 3 is 2.60 bits per heavy atom. The van der Waals surface area contributed by atoms with Crippen LogP contribution in [0.5, 0.6) is 5.75 Å². The van der Waals surface area contributed by atoms with Crippen LogP contribution in [0, 0.1) is 0 Å². The Hall–Kier alpha value is -2.02. The molecule has 1 heterocycles. The summed E-state index contributed by atoms with van der Waals surface area (Å²) in [5.41, 5.74) is -0.741. The number of carboxylic acids is 1. The number of halogens is 3. The summed E-state index contributed by atoms with van der Waals surface area (Å²) in [7, 11) is 0. The third kappa shape index (κ3) is 2.14. The van der Waals surface area contributed by atoms with Crippen molar-refractivity contribution in [3.8, 4) is 5.75 Å². The molecule has 4 nitrogen and oxygen atoms in total. The van der Waals surface area contributed by atoms with Gasteiger partial charge in [-0.25, -0.2) is 4.79 Å². The molecule has 1 aliphatic rings. The Morgan fingerprint density at radius 1 is 1.40 bits per heavy atom. The number of carboxylic acid groups (broad SMARTS) is 1. The predicted molar refractivity (Wildman–Crippen MR) is 63.1 cm³/mol. The lowest BCUT2D eigenvalue weighted by Gasteiger charge is -2.38. The van der Waals surface area contributed by atoms with Crippen LogP contribution in [0.25, 0.3) is 6.08 Å². The summed E-state index contributed by atoms with van der Waals surface area (Å²) < 4.78 is 49.6. The molecule has 0 spiro atoms. The van der Waals surface area contributed by atoms with E-state index in [9.17, 15) is 18.0 Å². The van der Waals surface area contributed by atoms with E-state index < -0.39 is 23.5 Å². The summed E-state index contributed by atoms with van der Waals surface area (Å²) in [5.74, 6) is -5.12. The third-order valence-corrected chi connectivity index (χ3v) is 2.78. The largest absolute Gasteiger partial charge is 0.478 e. The molecule has 1 aliphatic heterocycles. The van der Waals surface area contributed by atoms with Gasteiger partial charge in [0.2, 0.25) is 0 Å². The highest BCUT2D eigenvalue weighted by Gasteiger charge is 2.65. The molecule has 2 rings (SSSR count). The summed E-state index contributed by atoms with van der Waals surface area (Å²) >= 11 is 0. The highest BCUT2D eigenvalue weighted by molar-refractivity contribution is 5.95. The lowest BCUT2D eigenvalue weighted by Crippen LogP contribution is -2.56. The average molecular weight is 288 g/mol. The van der Waals surface area contributed by atoms with Gasteiger partial charge >= 0.3 is 17.9 Å². The molecule has 0 aliphatic carbocycles. The van der Waals surface area contributed by atoms with Crippen LogP contribution < -0.4 is 4.74 Å². The number of carbonyl (C=O) groups is 1. The van der Waals surface area contributed by atoms with E-state index in [4.69, 9.17) is 9.84 Å². The molecule has 1 aromatic carbocycles. The number of fused-ring (bicyclic) bond motifs is 1. The Bertz CT molecular complexity index is 565. The molecule has 0 unspecified atom stereocenters. The van der Waals surface area contributed by atoms with Gasteiger partial charge in [0.1, 0.15) is 11.3 Å². The zero-order chi connectivity index (χ0) is 15.0. The maximum atomic E-state index is 13.3. The minimum absolute atomic E-state index is 0.0803. The van der Waals surface area contributed by atoms with Crippen molar-refractivity contribution < 1.29 is 32.5 Å². The van der Waals surface area contributed by atoms with E-state index in [0.29, 0.717) is 0 Å². The number of hydrogen-bond donors (Lipinski definition) is 1. The van der Waals surface area contributed by atoms with Gasteiger partial charge in [-0.05, 0) is 19.1 Å². The highest BCUT2D eigenvalue weighted by atomic mass is 19.4. The van der Waals surface area contributed by atoms with Gasteiger partial charge in [0.05, 0.1) is 0 Å². The molecule has 0 bridgehead atoms. The van der Waals surface area contributed by atoms with E-state index in [2.05, 4.69) is 4.74 Å². The standard InChI is InChI=1S/C13H11F3O4/c1-2-19-12(13(14,15)16)9(11(17)18)7-8-5-3-4-6-10(8)20-12/h3-7H,2H2,1H3,(H,17,18)/t12-/m0/s1. The molecule has 0 amide bonds.